The molecule has 0 saturated carbocycles. The average molecular weight is 410 g/mol. The minimum absolute atomic E-state index is 0.215. The van der Waals surface area contributed by atoms with Crippen molar-refractivity contribution in [2.24, 2.45) is 0 Å². The highest BCUT2D eigenvalue weighted by molar-refractivity contribution is 7.98. The first-order valence-electron chi connectivity index (χ1n) is 9.73. The quantitative estimate of drug-likeness (QED) is 0.561. The molecule has 6 nitrogen and oxygen atoms in total. The van der Waals surface area contributed by atoms with Crippen LogP contribution in [0.2, 0.25) is 0 Å². The highest BCUT2D eigenvalue weighted by atomic mass is 32.2. The van der Waals surface area contributed by atoms with Crippen molar-refractivity contribution in [3.8, 4) is 5.69 Å². The summed E-state index contributed by atoms with van der Waals surface area (Å²) >= 11 is 1.64. The number of thioether (sulfide) groups is 1. The molecule has 152 valence electrons. The third-order valence-electron chi connectivity index (χ3n) is 4.64. The molecule has 3 aromatic rings. The number of nitrogens with zero attached hydrogens (tertiary/aromatic N) is 3. The molecule has 7 heteroatoms. The topological polar surface area (TPSA) is 71.8 Å². The largest absolute Gasteiger partial charge is 0.338 e. The molecule has 1 atom stereocenters. The van der Waals surface area contributed by atoms with Crippen molar-refractivity contribution >= 4 is 17.8 Å². The summed E-state index contributed by atoms with van der Waals surface area (Å²) in [5, 5.41) is 15.3. The Kier molecular flexibility index (Phi) is 6.93. The van der Waals surface area contributed by atoms with E-state index in [0.717, 1.165) is 16.6 Å². The monoisotopic (exact) mass is 409 g/mol. The van der Waals surface area contributed by atoms with Crippen molar-refractivity contribution < 1.29 is 4.79 Å². The molecule has 0 radical (unpaired) electrons. The molecule has 2 aromatic carbocycles. The van der Waals surface area contributed by atoms with Gasteiger partial charge in [-0.2, -0.15) is 0 Å². The minimum atomic E-state index is -0.289. The number of urea groups is 1. The first kappa shape index (κ1) is 20.9. The van der Waals surface area contributed by atoms with Crippen LogP contribution in [0.3, 0.4) is 0 Å². The molecule has 0 spiro atoms. The highest BCUT2D eigenvalue weighted by Gasteiger charge is 2.21. The van der Waals surface area contributed by atoms with E-state index >= 15 is 0 Å². The van der Waals surface area contributed by atoms with E-state index in [1.165, 1.54) is 16.7 Å². The van der Waals surface area contributed by atoms with E-state index in [1.54, 1.807) is 11.8 Å². The lowest BCUT2D eigenvalue weighted by molar-refractivity contribution is 0.238. The predicted octanol–water partition coefficient (Wildman–Crippen LogP) is 4.56. The van der Waals surface area contributed by atoms with Crippen LogP contribution in [-0.4, -0.2) is 27.3 Å². The second kappa shape index (κ2) is 9.60. The number of carbonyl (C=O) groups is 1. The molecular formula is C22H27N5OS. The minimum Gasteiger partial charge on any atom is -0.338 e. The van der Waals surface area contributed by atoms with Gasteiger partial charge < -0.3 is 10.6 Å². The van der Waals surface area contributed by atoms with Gasteiger partial charge in [-0.05, 0) is 51.0 Å². The number of amides is 2. The van der Waals surface area contributed by atoms with E-state index in [9.17, 15) is 4.79 Å². The van der Waals surface area contributed by atoms with Crippen LogP contribution in [0.25, 0.3) is 5.69 Å². The van der Waals surface area contributed by atoms with E-state index in [1.807, 2.05) is 24.5 Å². The Bertz CT molecular complexity index is 968. The van der Waals surface area contributed by atoms with Crippen molar-refractivity contribution in [3.05, 3.63) is 71.0 Å². The van der Waals surface area contributed by atoms with E-state index in [2.05, 4.69) is 77.1 Å². The van der Waals surface area contributed by atoms with Gasteiger partial charge in [0.25, 0.3) is 0 Å². The maximum Gasteiger partial charge on any atom is 0.315 e. The first-order chi connectivity index (χ1) is 14.0. The molecule has 0 saturated heterocycles. The van der Waals surface area contributed by atoms with Gasteiger partial charge in [0, 0.05) is 18.0 Å². The van der Waals surface area contributed by atoms with Gasteiger partial charge in [0.1, 0.15) is 0 Å². The number of nitrogens with one attached hydrogen (secondary N) is 2. The summed E-state index contributed by atoms with van der Waals surface area (Å²) in [5.74, 6) is 1.50. The molecule has 0 aliphatic heterocycles. The lowest BCUT2D eigenvalue weighted by Gasteiger charge is -2.16. The lowest BCUT2D eigenvalue weighted by atomic mass is 10.1. The third-order valence-corrected chi connectivity index (χ3v) is 5.62. The lowest BCUT2D eigenvalue weighted by Crippen LogP contribution is -2.37. The molecule has 0 aliphatic rings. The van der Waals surface area contributed by atoms with Crippen LogP contribution >= 0.6 is 11.8 Å². The zero-order chi connectivity index (χ0) is 20.8. The van der Waals surface area contributed by atoms with Crippen molar-refractivity contribution in [3.63, 3.8) is 0 Å². The molecule has 0 unspecified atom stereocenters. The van der Waals surface area contributed by atoms with E-state index in [0.29, 0.717) is 12.4 Å². The van der Waals surface area contributed by atoms with Crippen molar-refractivity contribution in [1.29, 1.82) is 0 Å². The molecular weight excluding hydrogens is 382 g/mol. The van der Waals surface area contributed by atoms with Crippen molar-refractivity contribution in [2.75, 3.05) is 6.54 Å². The van der Waals surface area contributed by atoms with Gasteiger partial charge in [0.15, 0.2) is 11.0 Å². The van der Waals surface area contributed by atoms with Crippen molar-refractivity contribution in [1.82, 2.24) is 25.4 Å². The zero-order valence-corrected chi connectivity index (χ0v) is 18.1. The fourth-order valence-corrected chi connectivity index (χ4v) is 4.01. The van der Waals surface area contributed by atoms with Crippen LogP contribution in [0.5, 0.6) is 0 Å². The number of aromatic nitrogens is 3. The molecule has 0 aliphatic carbocycles. The first-order valence-corrected chi connectivity index (χ1v) is 10.7. The summed E-state index contributed by atoms with van der Waals surface area (Å²) in [5.41, 5.74) is 4.69. The van der Waals surface area contributed by atoms with Gasteiger partial charge in [0.2, 0.25) is 0 Å². The summed E-state index contributed by atoms with van der Waals surface area (Å²) in [7, 11) is 0. The molecule has 1 heterocycles. The maximum absolute atomic E-state index is 12.0. The average Bonchev–Trinajstić information content (AvgIpc) is 3.12. The number of hydrogen-bond donors (Lipinski definition) is 2. The van der Waals surface area contributed by atoms with Gasteiger partial charge in [-0.3, -0.25) is 4.57 Å². The Labute approximate surface area is 176 Å². The fourth-order valence-electron chi connectivity index (χ4n) is 2.98. The Morgan fingerprint density at radius 2 is 1.83 bits per heavy atom. The number of aryl methyl sites for hydroxylation is 2. The Balaban J connectivity index is 1.91. The molecule has 0 fully saturated rings. The predicted molar refractivity (Wildman–Crippen MR) is 117 cm³/mol. The summed E-state index contributed by atoms with van der Waals surface area (Å²) in [4.78, 5) is 12.0. The zero-order valence-electron chi connectivity index (χ0n) is 17.3. The van der Waals surface area contributed by atoms with Crippen LogP contribution in [0, 0.1) is 13.8 Å². The third kappa shape index (κ3) is 5.17. The smallest absolute Gasteiger partial charge is 0.315 e. The second-order valence-corrected chi connectivity index (χ2v) is 7.89. The number of hydrogen-bond acceptors (Lipinski definition) is 4. The van der Waals surface area contributed by atoms with Crippen LogP contribution < -0.4 is 10.6 Å². The van der Waals surface area contributed by atoms with Gasteiger partial charge in [-0.25, -0.2) is 4.79 Å². The van der Waals surface area contributed by atoms with E-state index in [-0.39, 0.29) is 12.1 Å². The standard InChI is InChI=1S/C22H27N5OS/c1-5-23-21(28)24-17(4)20-25-26-22(27(20)19-12-10-15(2)11-13-19)29-14-18-9-7-6-8-16(18)3/h6-13,17H,5,14H2,1-4H3,(H2,23,24,28)/t17-/m0/s1. The summed E-state index contributed by atoms with van der Waals surface area (Å²) in [6, 6.07) is 16.1. The summed E-state index contributed by atoms with van der Waals surface area (Å²) < 4.78 is 2.03. The normalized spacial score (nSPS) is 11.9. The van der Waals surface area contributed by atoms with E-state index < -0.39 is 0 Å². The number of carbonyl (C=O) groups excluding carboxylic acids is 1. The molecule has 2 N–H and O–H groups in total. The molecule has 2 amide bonds. The number of benzene rings is 2. The molecule has 29 heavy (non-hydrogen) atoms. The fraction of sp³-hybridized carbons (Fsp3) is 0.318. The second-order valence-electron chi connectivity index (χ2n) is 6.95. The van der Waals surface area contributed by atoms with Crippen LogP contribution in [0.4, 0.5) is 4.79 Å². The van der Waals surface area contributed by atoms with Crippen LogP contribution in [-0.2, 0) is 5.75 Å². The Morgan fingerprint density at radius 3 is 2.52 bits per heavy atom. The van der Waals surface area contributed by atoms with Crippen LogP contribution in [0.1, 0.15) is 42.4 Å². The van der Waals surface area contributed by atoms with Gasteiger partial charge in [0.05, 0.1) is 6.04 Å². The summed E-state index contributed by atoms with van der Waals surface area (Å²) in [6.45, 7) is 8.55. The van der Waals surface area contributed by atoms with Crippen molar-refractivity contribution in [2.45, 2.75) is 44.6 Å². The molecule has 1 aromatic heterocycles. The van der Waals surface area contributed by atoms with Gasteiger partial charge >= 0.3 is 6.03 Å². The van der Waals surface area contributed by atoms with Gasteiger partial charge in [-0.1, -0.05) is 53.7 Å². The van der Waals surface area contributed by atoms with E-state index in [4.69, 9.17) is 0 Å². The maximum atomic E-state index is 12.0. The summed E-state index contributed by atoms with van der Waals surface area (Å²) in [6.07, 6.45) is 0. The molecule has 0 bridgehead atoms. The number of rotatable bonds is 7. The Hall–Kier alpha value is -2.80. The van der Waals surface area contributed by atoms with Gasteiger partial charge in [-0.15, -0.1) is 10.2 Å². The SMILES string of the molecule is CCNC(=O)N[C@@H](C)c1nnc(SCc2ccccc2C)n1-c1ccc(C)cc1. The highest BCUT2D eigenvalue weighted by Crippen LogP contribution is 2.28. The Morgan fingerprint density at radius 1 is 1.10 bits per heavy atom. The molecule has 3 rings (SSSR count). The van der Waals surface area contributed by atoms with Crippen LogP contribution in [0.15, 0.2) is 53.7 Å².